The van der Waals surface area contributed by atoms with Gasteiger partial charge in [-0.1, -0.05) is 23.8 Å². The van der Waals surface area contributed by atoms with Gasteiger partial charge in [0.05, 0.1) is 7.11 Å². The quantitative estimate of drug-likeness (QED) is 0.864. The topological polar surface area (TPSA) is 38.5 Å². The van der Waals surface area contributed by atoms with Crippen molar-refractivity contribution in [2.45, 2.75) is 20.4 Å². The van der Waals surface area contributed by atoms with Crippen molar-refractivity contribution in [3.63, 3.8) is 0 Å². The van der Waals surface area contributed by atoms with Gasteiger partial charge < -0.3 is 15.4 Å². The summed E-state index contributed by atoms with van der Waals surface area (Å²) in [5.41, 5.74) is 11.4. The van der Waals surface area contributed by atoms with Crippen LogP contribution in [0.1, 0.15) is 16.7 Å². The highest BCUT2D eigenvalue weighted by atomic mass is 16.5. The van der Waals surface area contributed by atoms with Crippen LogP contribution >= 0.6 is 0 Å². The molecule has 0 radical (unpaired) electrons. The van der Waals surface area contributed by atoms with E-state index in [1.165, 1.54) is 16.8 Å². The highest BCUT2D eigenvalue weighted by Gasteiger charge is 2.09. The number of ether oxygens (including phenoxy) is 1. The van der Waals surface area contributed by atoms with Gasteiger partial charge in [0.1, 0.15) is 5.75 Å². The second kappa shape index (κ2) is 5.87. The van der Waals surface area contributed by atoms with E-state index in [4.69, 9.17) is 10.5 Å². The normalized spacial score (nSPS) is 10.4. The minimum atomic E-state index is 0.722. The molecule has 2 aromatic carbocycles. The fourth-order valence-corrected chi connectivity index (χ4v) is 2.47. The molecule has 0 spiro atoms. The molecule has 0 aliphatic carbocycles. The molecular weight excluding hydrogens is 248 g/mol. The molecule has 0 fully saturated rings. The summed E-state index contributed by atoms with van der Waals surface area (Å²) in [7, 11) is 3.77. The van der Waals surface area contributed by atoms with Gasteiger partial charge in [-0.15, -0.1) is 0 Å². The van der Waals surface area contributed by atoms with Crippen molar-refractivity contribution in [2.75, 3.05) is 24.8 Å². The van der Waals surface area contributed by atoms with Crippen molar-refractivity contribution in [1.82, 2.24) is 0 Å². The molecule has 106 valence electrons. The molecule has 0 saturated carbocycles. The molecule has 0 saturated heterocycles. The molecule has 3 heteroatoms. The van der Waals surface area contributed by atoms with Crippen molar-refractivity contribution >= 4 is 11.4 Å². The van der Waals surface area contributed by atoms with Crippen LogP contribution in [0.4, 0.5) is 11.4 Å². The van der Waals surface area contributed by atoms with E-state index in [2.05, 4.69) is 44.0 Å². The van der Waals surface area contributed by atoms with Crippen LogP contribution in [-0.4, -0.2) is 14.2 Å². The number of methoxy groups -OCH3 is 1. The smallest absolute Gasteiger partial charge is 0.125 e. The molecule has 3 nitrogen and oxygen atoms in total. The molecule has 0 bridgehead atoms. The van der Waals surface area contributed by atoms with Crippen LogP contribution in [0.3, 0.4) is 0 Å². The van der Waals surface area contributed by atoms with E-state index < -0.39 is 0 Å². The van der Waals surface area contributed by atoms with Crippen LogP contribution in [0.5, 0.6) is 5.75 Å². The molecule has 0 aromatic heterocycles. The van der Waals surface area contributed by atoms with Gasteiger partial charge in [0, 0.05) is 36.6 Å². The third-order valence-electron chi connectivity index (χ3n) is 3.48. The summed E-state index contributed by atoms with van der Waals surface area (Å²) in [6.07, 6.45) is 0. The second-order valence-electron chi connectivity index (χ2n) is 5.22. The highest BCUT2D eigenvalue weighted by molar-refractivity contribution is 5.56. The lowest BCUT2D eigenvalue weighted by Crippen LogP contribution is -2.18. The van der Waals surface area contributed by atoms with Gasteiger partial charge in [0.2, 0.25) is 0 Å². The average Bonchev–Trinajstić information content (AvgIpc) is 2.40. The number of nitrogens with two attached hydrogens (primary N) is 1. The maximum Gasteiger partial charge on any atom is 0.125 e. The summed E-state index contributed by atoms with van der Waals surface area (Å²) in [4.78, 5) is 2.23. The van der Waals surface area contributed by atoms with Crippen LogP contribution < -0.4 is 15.4 Å². The standard InChI is InChI=1S/C17H22N2O/c1-12-5-8-16(13(2)9-12)19(3)11-14-6-7-15(18)10-17(14)20-4/h5-10H,11,18H2,1-4H3. The van der Waals surface area contributed by atoms with E-state index in [1.807, 2.05) is 18.2 Å². The Balaban J connectivity index is 2.25. The summed E-state index contributed by atoms with van der Waals surface area (Å²) in [6, 6.07) is 12.3. The zero-order valence-electron chi connectivity index (χ0n) is 12.6. The minimum absolute atomic E-state index is 0.722. The molecule has 2 aromatic rings. The van der Waals surface area contributed by atoms with Crippen LogP contribution in [0, 0.1) is 13.8 Å². The van der Waals surface area contributed by atoms with Gasteiger partial charge in [-0.25, -0.2) is 0 Å². The van der Waals surface area contributed by atoms with Crippen molar-refractivity contribution in [2.24, 2.45) is 0 Å². The largest absolute Gasteiger partial charge is 0.496 e. The molecule has 0 unspecified atom stereocenters. The molecule has 0 amide bonds. The third-order valence-corrected chi connectivity index (χ3v) is 3.48. The Morgan fingerprint density at radius 2 is 1.85 bits per heavy atom. The van der Waals surface area contributed by atoms with Crippen LogP contribution in [0.25, 0.3) is 0 Å². The lowest BCUT2D eigenvalue weighted by atomic mass is 10.1. The van der Waals surface area contributed by atoms with E-state index in [-0.39, 0.29) is 0 Å². The van der Waals surface area contributed by atoms with Crippen LogP contribution in [0.15, 0.2) is 36.4 Å². The van der Waals surface area contributed by atoms with E-state index in [0.29, 0.717) is 0 Å². The molecule has 0 aliphatic heterocycles. The fraction of sp³-hybridized carbons (Fsp3) is 0.294. The first-order valence-corrected chi connectivity index (χ1v) is 6.72. The van der Waals surface area contributed by atoms with Crippen molar-refractivity contribution in [3.8, 4) is 5.75 Å². The van der Waals surface area contributed by atoms with E-state index >= 15 is 0 Å². The Hall–Kier alpha value is -2.16. The van der Waals surface area contributed by atoms with E-state index in [1.54, 1.807) is 7.11 Å². The van der Waals surface area contributed by atoms with Crippen LogP contribution in [0.2, 0.25) is 0 Å². The Bertz CT molecular complexity index is 608. The zero-order valence-corrected chi connectivity index (χ0v) is 12.6. The van der Waals surface area contributed by atoms with Crippen molar-refractivity contribution in [1.29, 1.82) is 0 Å². The lowest BCUT2D eigenvalue weighted by molar-refractivity contribution is 0.410. The predicted molar refractivity (Wildman–Crippen MR) is 85.4 cm³/mol. The molecule has 0 aliphatic rings. The molecular formula is C17H22N2O. The molecule has 0 heterocycles. The first kappa shape index (κ1) is 14.3. The lowest BCUT2D eigenvalue weighted by Gasteiger charge is -2.23. The summed E-state index contributed by atoms with van der Waals surface area (Å²) in [5, 5.41) is 0. The maximum atomic E-state index is 5.79. The highest BCUT2D eigenvalue weighted by Crippen LogP contribution is 2.26. The number of anilines is 2. The number of hydrogen-bond acceptors (Lipinski definition) is 3. The Kier molecular flexibility index (Phi) is 4.18. The third kappa shape index (κ3) is 3.05. The Labute approximate surface area is 121 Å². The number of aryl methyl sites for hydroxylation is 2. The fourth-order valence-electron chi connectivity index (χ4n) is 2.47. The number of nitrogen functional groups attached to an aromatic ring is 1. The van der Waals surface area contributed by atoms with Crippen molar-refractivity contribution in [3.05, 3.63) is 53.1 Å². The summed E-state index contributed by atoms with van der Waals surface area (Å²) < 4.78 is 5.41. The van der Waals surface area contributed by atoms with Gasteiger partial charge in [-0.2, -0.15) is 0 Å². The maximum absolute atomic E-state index is 5.79. The van der Waals surface area contributed by atoms with Gasteiger partial charge in [-0.05, 0) is 31.5 Å². The number of rotatable bonds is 4. The monoisotopic (exact) mass is 270 g/mol. The zero-order chi connectivity index (χ0) is 14.7. The van der Waals surface area contributed by atoms with Gasteiger partial charge >= 0.3 is 0 Å². The first-order valence-electron chi connectivity index (χ1n) is 6.72. The molecule has 20 heavy (non-hydrogen) atoms. The van der Waals surface area contributed by atoms with Gasteiger partial charge in [-0.3, -0.25) is 0 Å². The SMILES string of the molecule is COc1cc(N)ccc1CN(C)c1ccc(C)cc1C. The van der Waals surface area contributed by atoms with Crippen LogP contribution in [-0.2, 0) is 6.54 Å². The number of benzene rings is 2. The Morgan fingerprint density at radius 1 is 1.10 bits per heavy atom. The van der Waals surface area contributed by atoms with E-state index in [9.17, 15) is 0 Å². The van der Waals surface area contributed by atoms with Gasteiger partial charge in [0.25, 0.3) is 0 Å². The molecule has 2 rings (SSSR count). The Morgan fingerprint density at radius 3 is 2.50 bits per heavy atom. The first-order chi connectivity index (χ1) is 9.51. The average molecular weight is 270 g/mol. The van der Waals surface area contributed by atoms with Gasteiger partial charge in [0.15, 0.2) is 0 Å². The summed E-state index contributed by atoms with van der Waals surface area (Å²) in [5.74, 6) is 0.835. The minimum Gasteiger partial charge on any atom is -0.496 e. The molecule has 0 atom stereocenters. The van der Waals surface area contributed by atoms with Crippen molar-refractivity contribution < 1.29 is 4.74 Å². The second-order valence-corrected chi connectivity index (χ2v) is 5.22. The number of nitrogens with zero attached hydrogens (tertiary/aromatic N) is 1. The molecule has 2 N–H and O–H groups in total. The summed E-state index contributed by atoms with van der Waals surface area (Å²) in [6.45, 7) is 5.03. The van der Waals surface area contributed by atoms with E-state index in [0.717, 1.165) is 23.5 Å². The number of hydrogen-bond donors (Lipinski definition) is 1. The predicted octanol–water partition coefficient (Wildman–Crippen LogP) is 3.53. The summed E-state index contributed by atoms with van der Waals surface area (Å²) >= 11 is 0.